The third-order valence-electron chi connectivity index (χ3n) is 4.17. The van der Waals surface area contributed by atoms with Crippen molar-refractivity contribution in [3.05, 3.63) is 0 Å². The lowest BCUT2D eigenvalue weighted by atomic mass is 10.1. The first-order chi connectivity index (χ1) is 7.19. The number of carbonyl (C=O) groups is 2. The van der Waals surface area contributed by atoms with Crippen molar-refractivity contribution in [1.29, 1.82) is 0 Å². The number of carbonyl (C=O) groups excluding carboxylic acids is 2. The molecule has 2 amide bonds. The minimum atomic E-state index is -0.196. The van der Waals surface area contributed by atoms with E-state index in [1.54, 1.807) is 7.05 Å². The summed E-state index contributed by atoms with van der Waals surface area (Å²) >= 11 is 0. The van der Waals surface area contributed by atoms with Gasteiger partial charge in [-0.05, 0) is 31.6 Å². The largest absolute Gasteiger partial charge is 0.357 e. The van der Waals surface area contributed by atoms with Crippen molar-refractivity contribution in [2.45, 2.75) is 31.7 Å². The number of amides is 2. The molecule has 1 N–H and O–H groups in total. The standard InChI is InChI=1S/C11H16N2O2/c1-12-9(14)8-3-2-4-13(8)10(15)11-5-7(11)6-11/h7-8H,2-6H2,1H3,(H,12,14)/t7?,8-,11?/m1/s1. The Morgan fingerprint density at radius 1 is 1.40 bits per heavy atom. The Bertz CT molecular complexity index is 333. The lowest BCUT2D eigenvalue weighted by Crippen LogP contribution is -2.46. The van der Waals surface area contributed by atoms with E-state index >= 15 is 0 Å². The molecule has 2 saturated carbocycles. The Morgan fingerprint density at radius 3 is 2.60 bits per heavy atom. The normalized spacial score (nSPS) is 41.0. The predicted octanol–water partition coefficient (Wildman–Crippen LogP) is 0.133. The van der Waals surface area contributed by atoms with Crippen molar-refractivity contribution < 1.29 is 9.59 Å². The summed E-state index contributed by atoms with van der Waals surface area (Å²) in [6.45, 7) is 0.769. The van der Waals surface area contributed by atoms with Gasteiger partial charge in [0.25, 0.3) is 0 Å². The smallest absolute Gasteiger partial charge is 0.242 e. The van der Waals surface area contributed by atoms with E-state index < -0.39 is 0 Å². The van der Waals surface area contributed by atoms with E-state index in [4.69, 9.17) is 0 Å². The van der Waals surface area contributed by atoms with Gasteiger partial charge in [0, 0.05) is 13.6 Å². The SMILES string of the molecule is CNC(=O)[C@H]1CCCN1C(=O)C12CC1C2. The molecule has 1 heterocycles. The average Bonchev–Trinajstić information content (AvgIpc) is 3.02. The number of rotatable bonds is 2. The first-order valence-corrected chi connectivity index (χ1v) is 5.72. The van der Waals surface area contributed by atoms with Crippen LogP contribution in [0.2, 0.25) is 0 Å². The van der Waals surface area contributed by atoms with E-state index in [0.717, 1.165) is 32.2 Å². The fourth-order valence-corrected chi connectivity index (χ4v) is 2.79. The van der Waals surface area contributed by atoms with Crippen molar-refractivity contribution in [3.8, 4) is 0 Å². The van der Waals surface area contributed by atoms with Crippen LogP contribution in [0.15, 0.2) is 0 Å². The van der Waals surface area contributed by atoms with E-state index in [1.807, 2.05) is 4.90 Å². The molecule has 4 heteroatoms. The Kier molecular flexibility index (Phi) is 1.68. The first kappa shape index (κ1) is 9.19. The van der Waals surface area contributed by atoms with Crippen LogP contribution in [0, 0.1) is 11.3 Å². The number of hydrogen-bond donors (Lipinski definition) is 1. The summed E-state index contributed by atoms with van der Waals surface area (Å²) in [6.07, 6.45) is 3.93. The highest BCUT2D eigenvalue weighted by Gasteiger charge is 2.75. The van der Waals surface area contributed by atoms with Gasteiger partial charge in [0.1, 0.15) is 6.04 Å². The summed E-state index contributed by atoms with van der Waals surface area (Å²) in [6, 6.07) is -0.196. The maximum atomic E-state index is 12.1. The molecule has 0 aromatic carbocycles. The maximum Gasteiger partial charge on any atom is 0.242 e. The summed E-state index contributed by atoms with van der Waals surface area (Å²) in [7, 11) is 1.64. The summed E-state index contributed by atoms with van der Waals surface area (Å²) < 4.78 is 0. The minimum Gasteiger partial charge on any atom is -0.357 e. The molecule has 0 unspecified atom stereocenters. The van der Waals surface area contributed by atoms with Crippen molar-refractivity contribution in [2.24, 2.45) is 11.3 Å². The van der Waals surface area contributed by atoms with Gasteiger partial charge in [-0.25, -0.2) is 0 Å². The Labute approximate surface area is 89.0 Å². The summed E-state index contributed by atoms with van der Waals surface area (Å²) in [4.78, 5) is 25.5. The van der Waals surface area contributed by atoms with E-state index in [-0.39, 0.29) is 23.3 Å². The first-order valence-electron chi connectivity index (χ1n) is 5.72. The van der Waals surface area contributed by atoms with E-state index in [1.165, 1.54) is 0 Å². The molecule has 0 bridgehead atoms. The fourth-order valence-electron chi connectivity index (χ4n) is 2.79. The van der Waals surface area contributed by atoms with Crippen LogP contribution in [0.1, 0.15) is 25.7 Å². The molecule has 0 aromatic rings. The number of hydrogen-bond acceptors (Lipinski definition) is 2. The van der Waals surface area contributed by atoms with Crippen LogP contribution >= 0.6 is 0 Å². The predicted molar refractivity (Wildman–Crippen MR) is 54.0 cm³/mol. The molecule has 0 spiro atoms. The molecule has 2 aliphatic carbocycles. The van der Waals surface area contributed by atoms with E-state index in [2.05, 4.69) is 5.32 Å². The van der Waals surface area contributed by atoms with Crippen LogP contribution in [-0.4, -0.2) is 36.3 Å². The second-order valence-corrected chi connectivity index (χ2v) is 5.03. The molecule has 1 saturated heterocycles. The van der Waals surface area contributed by atoms with Crippen molar-refractivity contribution in [3.63, 3.8) is 0 Å². The maximum absolute atomic E-state index is 12.1. The monoisotopic (exact) mass is 208 g/mol. The van der Waals surface area contributed by atoms with E-state index in [0.29, 0.717) is 5.92 Å². The van der Waals surface area contributed by atoms with Gasteiger partial charge in [-0.15, -0.1) is 0 Å². The third kappa shape index (κ3) is 1.13. The van der Waals surface area contributed by atoms with Gasteiger partial charge in [-0.2, -0.15) is 0 Å². The molecule has 4 nitrogen and oxygen atoms in total. The minimum absolute atomic E-state index is 0.00454. The Hall–Kier alpha value is -1.06. The topological polar surface area (TPSA) is 49.4 Å². The molecule has 82 valence electrons. The molecule has 0 radical (unpaired) electrons. The molecule has 0 aromatic heterocycles. The second-order valence-electron chi connectivity index (χ2n) is 5.03. The zero-order valence-corrected chi connectivity index (χ0v) is 8.95. The molecule has 1 aliphatic heterocycles. The van der Waals surface area contributed by atoms with Crippen LogP contribution in [0.4, 0.5) is 0 Å². The molecule has 1 atom stereocenters. The summed E-state index contributed by atoms with van der Waals surface area (Å²) in [5.41, 5.74) is 0.0105. The number of fused-ring (bicyclic) bond motifs is 1. The zero-order chi connectivity index (χ0) is 10.6. The van der Waals surface area contributed by atoms with Crippen molar-refractivity contribution in [1.82, 2.24) is 10.2 Å². The second kappa shape index (κ2) is 2.74. The quantitative estimate of drug-likeness (QED) is 0.701. The molecule has 3 rings (SSSR count). The summed E-state index contributed by atoms with van der Waals surface area (Å²) in [5, 5.41) is 2.64. The fraction of sp³-hybridized carbons (Fsp3) is 0.818. The Morgan fingerprint density at radius 2 is 2.07 bits per heavy atom. The van der Waals surface area contributed by atoms with E-state index in [9.17, 15) is 9.59 Å². The van der Waals surface area contributed by atoms with Crippen LogP contribution in [0.25, 0.3) is 0 Å². The highest BCUT2D eigenvalue weighted by molar-refractivity contribution is 5.94. The molecule has 15 heavy (non-hydrogen) atoms. The Balaban J connectivity index is 1.74. The number of nitrogens with zero attached hydrogens (tertiary/aromatic N) is 1. The lowest BCUT2D eigenvalue weighted by molar-refractivity contribution is -0.140. The van der Waals surface area contributed by atoms with Gasteiger partial charge >= 0.3 is 0 Å². The number of nitrogens with one attached hydrogen (secondary N) is 1. The molecule has 3 aliphatic rings. The van der Waals surface area contributed by atoms with Crippen LogP contribution in [-0.2, 0) is 9.59 Å². The van der Waals surface area contributed by atoms with Gasteiger partial charge in [-0.1, -0.05) is 0 Å². The van der Waals surface area contributed by atoms with Crippen LogP contribution in [0.3, 0.4) is 0 Å². The molecular formula is C11H16N2O2. The third-order valence-corrected chi connectivity index (χ3v) is 4.17. The average molecular weight is 208 g/mol. The zero-order valence-electron chi connectivity index (χ0n) is 8.95. The lowest BCUT2D eigenvalue weighted by Gasteiger charge is -2.24. The highest BCUT2D eigenvalue weighted by atomic mass is 16.2. The highest BCUT2D eigenvalue weighted by Crippen LogP contribution is 2.76. The van der Waals surface area contributed by atoms with Gasteiger partial charge in [0.05, 0.1) is 5.41 Å². The van der Waals surface area contributed by atoms with Crippen molar-refractivity contribution in [2.75, 3.05) is 13.6 Å². The van der Waals surface area contributed by atoms with Gasteiger partial charge in [0.2, 0.25) is 11.8 Å². The molecule has 3 fully saturated rings. The van der Waals surface area contributed by atoms with Crippen LogP contribution < -0.4 is 5.32 Å². The number of likely N-dealkylation sites (tertiary alicyclic amines) is 1. The van der Waals surface area contributed by atoms with Gasteiger partial charge in [0.15, 0.2) is 0 Å². The van der Waals surface area contributed by atoms with Gasteiger partial charge in [-0.3, -0.25) is 9.59 Å². The number of likely N-dealkylation sites (N-methyl/N-ethyl adjacent to an activating group) is 1. The van der Waals surface area contributed by atoms with Gasteiger partial charge < -0.3 is 10.2 Å². The van der Waals surface area contributed by atoms with Crippen molar-refractivity contribution >= 4 is 11.8 Å². The summed E-state index contributed by atoms with van der Waals surface area (Å²) in [5.74, 6) is 0.907. The van der Waals surface area contributed by atoms with Crippen LogP contribution in [0.5, 0.6) is 0 Å². The molecular weight excluding hydrogens is 192 g/mol.